The van der Waals surface area contributed by atoms with E-state index in [0.29, 0.717) is 0 Å². The monoisotopic (exact) mass is 188 g/mol. The van der Waals surface area contributed by atoms with Gasteiger partial charge in [0.2, 0.25) is 0 Å². The SMILES string of the molecule is CS/C=N/OCCN1CCCC1. The van der Waals surface area contributed by atoms with Crippen LogP contribution in [0.1, 0.15) is 12.8 Å². The molecule has 3 nitrogen and oxygen atoms in total. The van der Waals surface area contributed by atoms with Gasteiger partial charge in [0.25, 0.3) is 0 Å². The summed E-state index contributed by atoms with van der Waals surface area (Å²) >= 11 is 1.55. The van der Waals surface area contributed by atoms with E-state index in [1.165, 1.54) is 25.9 Å². The Kier molecular flexibility index (Phi) is 5.19. The molecule has 1 aliphatic rings. The number of hydrogen-bond donors (Lipinski definition) is 0. The highest BCUT2D eigenvalue weighted by Gasteiger charge is 2.10. The number of oxime groups is 1. The molecule has 0 amide bonds. The third kappa shape index (κ3) is 3.97. The average molecular weight is 188 g/mol. The Morgan fingerprint density at radius 2 is 2.25 bits per heavy atom. The van der Waals surface area contributed by atoms with Crippen LogP contribution in [0.15, 0.2) is 5.16 Å². The van der Waals surface area contributed by atoms with Crippen LogP contribution in [-0.4, -0.2) is 42.9 Å². The van der Waals surface area contributed by atoms with Gasteiger partial charge in [0, 0.05) is 6.54 Å². The highest BCUT2D eigenvalue weighted by molar-refractivity contribution is 8.11. The van der Waals surface area contributed by atoms with E-state index in [9.17, 15) is 0 Å². The van der Waals surface area contributed by atoms with Gasteiger partial charge in [-0.3, -0.25) is 4.90 Å². The van der Waals surface area contributed by atoms with Gasteiger partial charge in [0.05, 0.1) is 5.55 Å². The summed E-state index contributed by atoms with van der Waals surface area (Å²) in [6.07, 6.45) is 4.65. The zero-order chi connectivity index (χ0) is 8.65. The molecule has 0 spiro atoms. The summed E-state index contributed by atoms with van der Waals surface area (Å²) in [7, 11) is 0. The Hall–Kier alpha value is -0.220. The van der Waals surface area contributed by atoms with Gasteiger partial charge in [-0.1, -0.05) is 5.16 Å². The van der Waals surface area contributed by atoms with Crippen molar-refractivity contribution in [3.05, 3.63) is 0 Å². The van der Waals surface area contributed by atoms with Gasteiger partial charge < -0.3 is 4.84 Å². The van der Waals surface area contributed by atoms with E-state index >= 15 is 0 Å². The standard InChI is InChI=1S/C8H16N2OS/c1-12-8-9-11-7-6-10-4-2-3-5-10/h8H,2-7H2,1H3/b9-8+. The second-order valence-electron chi connectivity index (χ2n) is 2.83. The molecule has 0 N–H and O–H groups in total. The van der Waals surface area contributed by atoms with Gasteiger partial charge in [-0.15, -0.1) is 11.8 Å². The van der Waals surface area contributed by atoms with Crippen molar-refractivity contribution in [2.45, 2.75) is 12.8 Å². The van der Waals surface area contributed by atoms with Crippen LogP contribution in [0.25, 0.3) is 0 Å². The molecule has 1 aliphatic heterocycles. The molecule has 0 aliphatic carbocycles. The third-order valence-electron chi connectivity index (χ3n) is 1.92. The zero-order valence-corrected chi connectivity index (χ0v) is 8.35. The second-order valence-corrected chi connectivity index (χ2v) is 3.51. The van der Waals surface area contributed by atoms with Crippen LogP contribution in [0.5, 0.6) is 0 Å². The Labute approximate surface area is 78.1 Å². The smallest absolute Gasteiger partial charge is 0.129 e. The van der Waals surface area contributed by atoms with Crippen molar-refractivity contribution in [1.29, 1.82) is 0 Å². The normalized spacial score (nSPS) is 19.1. The molecule has 12 heavy (non-hydrogen) atoms. The van der Waals surface area contributed by atoms with Gasteiger partial charge >= 0.3 is 0 Å². The number of thioether (sulfide) groups is 1. The predicted octanol–water partition coefficient (Wildman–Crippen LogP) is 1.41. The molecule has 0 unspecified atom stereocenters. The van der Waals surface area contributed by atoms with Crippen LogP contribution in [0.3, 0.4) is 0 Å². The van der Waals surface area contributed by atoms with E-state index in [2.05, 4.69) is 10.1 Å². The molecule has 1 heterocycles. The fourth-order valence-corrected chi connectivity index (χ4v) is 1.45. The summed E-state index contributed by atoms with van der Waals surface area (Å²) < 4.78 is 0. The van der Waals surface area contributed by atoms with Gasteiger partial charge in [-0.2, -0.15) is 0 Å². The molecular formula is C8H16N2OS. The van der Waals surface area contributed by atoms with Crippen molar-refractivity contribution in [3.63, 3.8) is 0 Å². The Balaban J connectivity index is 1.91. The molecule has 0 radical (unpaired) electrons. The van der Waals surface area contributed by atoms with Crippen molar-refractivity contribution in [2.75, 3.05) is 32.5 Å². The van der Waals surface area contributed by atoms with E-state index in [0.717, 1.165) is 13.2 Å². The Morgan fingerprint density at radius 3 is 2.92 bits per heavy atom. The fourth-order valence-electron chi connectivity index (χ4n) is 1.30. The average Bonchev–Trinajstić information content (AvgIpc) is 2.57. The Morgan fingerprint density at radius 1 is 1.50 bits per heavy atom. The summed E-state index contributed by atoms with van der Waals surface area (Å²) in [5.74, 6) is 0. The lowest BCUT2D eigenvalue weighted by Gasteiger charge is -2.12. The van der Waals surface area contributed by atoms with Crippen molar-refractivity contribution >= 4 is 17.3 Å². The van der Waals surface area contributed by atoms with Crippen LogP contribution in [0.4, 0.5) is 0 Å². The van der Waals surface area contributed by atoms with E-state index in [-0.39, 0.29) is 0 Å². The van der Waals surface area contributed by atoms with Gasteiger partial charge in [-0.25, -0.2) is 0 Å². The minimum atomic E-state index is 0.719. The minimum Gasteiger partial charge on any atom is -0.394 e. The number of likely N-dealkylation sites (tertiary alicyclic amines) is 1. The highest BCUT2D eigenvalue weighted by atomic mass is 32.2. The molecule has 0 aromatic heterocycles. The van der Waals surface area contributed by atoms with E-state index in [1.807, 2.05) is 6.26 Å². The minimum absolute atomic E-state index is 0.719. The van der Waals surface area contributed by atoms with Crippen LogP contribution >= 0.6 is 11.8 Å². The molecule has 70 valence electrons. The topological polar surface area (TPSA) is 24.8 Å². The molecule has 1 rings (SSSR count). The molecule has 0 aromatic carbocycles. The fraction of sp³-hybridized carbons (Fsp3) is 0.875. The van der Waals surface area contributed by atoms with Crippen molar-refractivity contribution in [2.24, 2.45) is 5.16 Å². The zero-order valence-electron chi connectivity index (χ0n) is 7.53. The van der Waals surface area contributed by atoms with Gasteiger partial charge in [0.1, 0.15) is 6.61 Å². The first-order valence-electron chi connectivity index (χ1n) is 4.32. The lowest BCUT2D eigenvalue weighted by Crippen LogP contribution is -2.23. The summed E-state index contributed by atoms with van der Waals surface area (Å²) in [4.78, 5) is 7.45. The largest absolute Gasteiger partial charge is 0.394 e. The number of hydrogen-bond acceptors (Lipinski definition) is 4. The molecule has 1 saturated heterocycles. The lowest BCUT2D eigenvalue weighted by molar-refractivity contribution is 0.120. The lowest BCUT2D eigenvalue weighted by atomic mass is 10.4. The highest BCUT2D eigenvalue weighted by Crippen LogP contribution is 2.05. The van der Waals surface area contributed by atoms with E-state index in [4.69, 9.17) is 4.84 Å². The van der Waals surface area contributed by atoms with Crippen LogP contribution in [-0.2, 0) is 4.84 Å². The molecule has 0 aromatic rings. The van der Waals surface area contributed by atoms with Crippen molar-refractivity contribution in [1.82, 2.24) is 4.90 Å². The number of rotatable bonds is 5. The van der Waals surface area contributed by atoms with Gasteiger partial charge in [0.15, 0.2) is 0 Å². The maximum Gasteiger partial charge on any atom is 0.129 e. The summed E-state index contributed by atoms with van der Waals surface area (Å²) in [5.41, 5.74) is 1.71. The molecule has 0 saturated carbocycles. The van der Waals surface area contributed by atoms with Crippen molar-refractivity contribution in [3.8, 4) is 0 Å². The van der Waals surface area contributed by atoms with E-state index in [1.54, 1.807) is 17.3 Å². The third-order valence-corrected chi connectivity index (χ3v) is 2.22. The van der Waals surface area contributed by atoms with Crippen LogP contribution in [0.2, 0.25) is 0 Å². The summed E-state index contributed by atoms with van der Waals surface area (Å²) in [6, 6.07) is 0. The molecule has 1 fully saturated rings. The number of nitrogens with zero attached hydrogens (tertiary/aromatic N) is 2. The van der Waals surface area contributed by atoms with Crippen LogP contribution in [0, 0.1) is 0 Å². The molecule has 4 heteroatoms. The summed E-state index contributed by atoms with van der Waals surface area (Å²) in [6.45, 7) is 4.20. The second kappa shape index (κ2) is 6.31. The summed E-state index contributed by atoms with van der Waals surface area (Å²) in [5, 5.41) is 3.76. The predicted molar refractivity (Wildman–Crippen MR) is 53.6 cm³/mol. The van der Waals surface area contributed by atoms with Crippen molar-refractivity contribution < 1.29 is 4.84 Å². The maximum atomic E-state index is 5.04. The quantitative estimate of drug-likeness (QED) is 0.282. The Bertz CT molecular complexity index is 135. The molecule has 0 bridgehead atoms. The molecule has 0 atom stereocenters. The van der Waals surface area contributed by atoms with Crippen LogP contribution < -0.4 is 0 Å². The first kappa shape index (κ1) is 9.86. The maximum absolute atomic E-state index is 5.04. The van der Waals surface area contributed by atoms with Gasteiger partial charge in [-0.05, 0) is 32.2 Å². The first-order chi connectivity index (χ1) is 5.93. The first-order valence-corrected chi connectivity index (χ1v) is 5.61. The molecular weight excluding hydrogens is 172 g/mol. The van der Waals surface area contributed by atoms with E-state index < -0.39 is 0 Å².